The largest absolute Gasteiger partial charge is 0.313 e. The number of hydrogen-bond acceptors (Lipinski definition) is 3. The van der Waals surface area contributed by atoms with Crippen molar-refractivity contribution in [2.24, 2.45) is 5.92 Å². The van der Waals surface area contributed by atoms with Crippen LogP contribution in [0, 0.1) is 19.8 Å². The Bertz CT molecular complexity index is 535. The second kappa shape index (κ2) is 7.23. The monoisotopic (exact) mass is 297 g/mol. The lowest BCUT2D eigenvalue weighted by molar-refractivity contribution is 0.426. The van der Waals surface area contributed by atoms with Gasteiger partial charge < -0.3 is 5.32 Å². The zero-order valence-corrected chi connectivity index (χ0v) is 14.0. The van der Waals surface area contributed by atoms with Crippen LogP contribution in [0.15, 0.2) is 23.1 Å². The predicted octanol–water partition coefficient (Wildman–Crippen LogP) is 3.10. The smallest absolute Gasteiger partial charge is 0.180 e. The van der Waals surface area contributed by atoms with Gasteiger partial charge in [-0.3, -0.25) is 0 Å². The second-order valence-electron chi connectivity index (χ2n) is 5.86. The van der Waals surface area contributed by atoms with Crippen molar-refractivity contribution in [1.82, 2.24) is 5.32 Å². The third kappa shape index (κ3) is 4.60. The molecule has 114 valence electrons. The van der Waals surface area contributed by atoms with Crippen LogP contribution < -0.4 is 5.32 Å². The molecule has 1 unspecified atom stereocenters. The van der Waals surface area contributed by atoms with E-state index < -0.39 is 9.84 Å². The molecule has 0 saturated carbocycles. The highest BCUT2D eigenvalue weighted by molar-refractivity contribution is 7.91. The SMILES string of the molecule is CCCNC(CS(=O)(=O)c1ccc(C)cc1C)C(C)C. The van der Waals surface area contributed by atoms with Crippen molar-refractivity contribution in [3.8, 4) is 0 Å². The number of benzene rings is 1. The molecule has 1 atom stereocenters. The minimum absolute atomic E-state index is 0.000605. The zero-order chi connectivity index (χ0) is 15.3. The van der Waals surface area contributed by atoms with Gasteiger partial charge in [0.15, 0.2) is 9.84 Å². The van der Waals surface area contributed by atoms with Gasteiger partial charge in [0.05, 0.1) is 10.6 Å². The molecule has 1 aromatic rings. The van der Waals surface area contributed by atoms with Crippen molar-refractivity contribution in [3.63, 3.8) is 0 Å². The highest BCUT2D eigenvalue weighted by Crippen LogP contribution is 2.20. The first kappa shape index (κ1) is 17.2. The maximum absolute atomic E-state index is 12.6. The van der Waals surface area contributed by atoms with Gasteiger partial charge in [-0.2, -0.15) is 0 Å². The second-order valence-corrected chi connectivity index (χ2v) is 7.86. The molecule has 0 aliphatic carbocycles. The molecule has 4 heteroatoms. The summed E-state index contributed by atoms with van der Waals surface area (Å²) in [5, 5.41) is 3.35. The van der Waals surface area contributed by atoms with Crippen molar-refractivity contribution in [2.75, 3.05) is 12.3 Å². The van der Waals surface area contributed by atoms with Crippen LogP contribution in [0.5, 0.6) is 0 Å². The third-order valence-electron chi connectivity index (χ3n) is 3.53. The summed E-state index contributed by atoms with van der Waals surface area (Å²) in [7, 11) is -3.24. The number of hydrogen-bond donors (Lipinski definition) is 1. The summed E-state index contributed by atoms with van der Waals surface area (Å²) in [5.41, 5.74) is 1.92. The number of aryl methyl sites for hydroxylation is 2. The number of sulfone groups is 1. The molecule has 0 aliphatic heterocycles. The molecule has 0 radical (unpaired) electrons. The average molecular weight is 297 g/mol. The van der Waals surface area contributed by atoms with Crippen LogP contribution in [0.4, 0.5) is 0 Å². The first-order valence-corrected chi connectivity index (χ1v) is 8.96. The summed E-state index contributed by atoms with van der Waals surface area (Å²) in [6.07, 6.45) is 1.01. The van der Waals surface area contributed by atoms with Gasteiger partial charge in [-0.15, -0.1) is 0 Å². The predicted molar refractivity (Wildman–Crippen MR) is 84.9 cm³/mol. The lowest BCUT2D eigenvalue weighted by Gasteiger charge is -2.22. The number of rotatable bonds is 7. The summed E-state index contributed by atoms with van der Waals surface area (Å²) in [4.78, 5) is 0.465. The van der Waals surface area contributed by atoms with Crippen LogP contribution in [0.25, 0.3) is 0 Å². The van der Waals surface area contributed by atoms with E-state index in [1.165, 1.54) is 0 Å². The fraction of sp³-hybridized carbons (Fsp3) is 0.625. The molecule has 0 amide bonds. The molecule has 0 spiro atoms. The van der Waals surface area contributed by atoms with Crippen molar-refractivity contribution in [1.29, 1.82) is 0 Å². The lowest BCUT2D eigenvalue weighted by atomic mass is 10.1. The average Bonchev–Trinajstić information content (AvgIpc) is 2.33. The maximum atomic E-state index is 12.6. The Morgan fingerprint density at radius 2 is 1.85 bits per heavy atom. The summed E-state index contributed by atoms with van der Waals surface area (Å²) >= 11 is 0. The minimum Gasteiger partial charge on any atom is -0.313 e. The molecule has 20 heavy (non-hydrogen) atoms. The van der Waals surface area contributed by atoms with E-state index in [4.69, 9.17) is 0 Å². The van der Waals surface area contributed by atoms with Crippen molar-refractivity contribution in [2.45, 2.75) is 52.0 Å². The molecule has 0 fully saturated rings. The molecular formula is C16H27NO2S. The van der Waals surface area contributed by atoms with E-state index >= 15 is 0 Å². The Morgan fingerprint density at radius 1 is 1.20 bits per heavy atom. The lowest BCUT2D eigenvalue weighted by Crippen LogP contribution is -2.40. The fourth-order valence-corrected chi connectivity index (χ4v) is 4.27. The summed E-state index contributed by atoms with van der Waals surface area (Å²) < 4.78 is 25.2. The van der Waals surface area contributed by atoms with Crippen molar-refractivity contribution >= 4 is 9.84 Å². The number of nitrogens with one attached hydrogen (secondary N) is 1. The molecule has 0 bridgehead atoms. The van der Waals surface area contributed by atoms with E-state index in [9.17, 15) is 8.42 Å². The zero-order valence-electron chi connectivity index (χ0n) is 13.2. The molecular weight excluding hydrogens is 270 g/mol. The van der Waals surface area contributed by atoms with Crippen LogP contribution >= 0.6 is 0 Å². The highest BCUT2D eigenvalue weighted by Gasteiger charge is 2.24. The molecule has 0 aliphatic rings. The van der Waals surface area contributed by atoms with Gasteiger partial charge in [0.25, 0.3) is 0 Å². The fourth-order valence-electron chi connectivity index (χ4n) is 2.29. The standard InChI is InChI=1S/C16H27NO2S/c1-6-9-17-15(12(2)3)11-20(18,19)16-8-7-13(4)10-14(16)5/h7-8,10,12,15,17H,6,9,11H2,1-5H3. The molecule has 0 heterocycles. The van der Waals surface area contributed by atoms with Gasteiger partial charge in [0.1, 0.15) is 0 Å². The quantitative estimate of drug-likeness (QED) is 0.841. The Balaban J connectivity index is 2.97. The van der Waals surface area contributed by atoms with Gasteiger partial charge in [-0.05, 0) is 44.4 Å². The molecule has 1 rings (SSSR count). The van der Waals surface area contributed by atoms with Gasteiger partial charge in [0.2, 0.25) is 0 Å². The Morgan fingerprint density at radius 3 is 2.35 bits per heavy atom. The van der Waals surface area contributed by atoms with Gasteiger partial charge >= 0.3 is 0 Å². The summed E-state index contributed by atoms with van der Waals surface area (Å²) in [5.74, 6) is 0.455. The van der Waals surface area contributed by atoms with Gasteiger partial charge in [-0.1, -0.05) is 38.5 Å². The Labute approximate surface area is 123 Å². The Kier molecular flexibility index (Phi) is 6.21. The van der Waals surface area contributed by atoms with Crippen LogP contribution in [-0.4, -0.2) is 26.8 Å². The van der Waals surface area contributed by atoms with Crippen LogP contribution in [0.2, 0.25) is 0 Å². The van der Waals surface area contributed by atoms with E-state index in [0.717, 1.165) is 24.1 Å². The van der Waals surface area contributed by atoms with E-state index in [1.807, 2.05) is 26.0 Å². The van der Waals surface area contributed by atoms with Gasteiger partial charge in [-0.25, -0.2) is 8.42 Å². The van der Waals surface area contributed by atoms with Crippen molar-refractivity contribution < 1.29 is 8.42 Å². The van der Waals surface area contributed by atoms with E-state index in [1.54, 1.807) is 6.07 Å². The molecule has 0 aromatic heterocycles. The topological polar surface area (TPSA) is 46.2 Å². The molecule has 1 aromatic carbocycles. The van der Waals surface area contributed by atoms with E-state index in [2.05, 4.69) is 26.1 Å². The molecule has 1 N–H and O–H groups in total. The molecule has 0 saturated heterocycles. The minimum atomic E-state index is -3.24. The molecule has 3 nitrogen and oxygen atoms in total. The van der Waals surface area contributed by atoms with Crippen LogP contribution in [0.1, 0.15) is 38.3 Å². The normalized spacial score (nSPS) is 13.7. The van der Waals surface area contributed by atoms with Crippen molar-refractivity contribution in [3.05, 3.63) is 29.3 Å². The van der Waals surface area contributed by atoms with Crippen LogP contribution in [0.3, 0.4) is 0 Å². The summed E-state index contributed by atoms with van der Waals surface area (Å²) in [6, 6.07) is 5.53. The first-order chi connectivity index (χ1) is 9.27. The first-order valence-electron chi connectivity index (χ1n) is 7.31. The van der Waals surface area contributed by atoms with E-state index in [-0.39, 0.29) is 11.8 Å². The van der Waals surface area contributed by atoms with Crippen LogP contribution in [-0.2, 0) is 9.84 Å². The van der Waals surface area contributed by atoms with E-state index in [0.29, 0.717) is 10.8 Å². The third-order valence-corrected chi connectivity index (χ3v) is 5.45. The summed E-state index contributed by atoms with van der Waals surface area (Å²) in [6.45, 7) is 10.9. The maximum Gasteiger partial charge on any atom is 0.180 e. The highest BCUT2D eigenvalue weighted by atomic mass is 32.2. The van der Waals surface area contributed by atoms with Gasteiger partial charge in [0, 0.05) is 6.04 Å². The Hall–Kier alpha value is -0.870.